The quantitative estimate of drug-likeness (QED) is 0.225. The Morgan fingerprint density at radius 2 is 1.54 bits per heavy atom. The Morgan fingerprint density at radius 3 is 2.04 bits per heavy atom. The van der Waals surface area contributed by atoms with Crippen LogP contribution in [0.25, 0.3) is 0 Å². The van der Waals surface area contributed by atoms with Crippen molar-refractivity contribution in [1.29, 1.82) is 5.26 Å². The van der Waals surface area contributed by atoms with Crippen LogP contribution < -0.4 is 0 Å². The van der Waals surface area contributed by atoms with Gasteiger partial charge in [0, 0.05) is 12.7 Å². The first-order chi connectivity index (χ1) is 13.7. The minimum absolute atomic E-state index is 0.266. The van der Waals surface area contributed by atoms with Gasteiger partial charge in [0.05, 0.1) is 33.2 Å². The summed E-state index contributed by atoms with van der Waals surface area (Å²) < 4.78 is 18.4. The largest absolute Gasteiger partial charge is 0.461 e. The maximum atomic E-state index is 8.91. The molecule has 9 heteroatoms. The third-order valence-electron chi connectivity index (χ3n) is 4.87. The van der Waals surface area contributed by atoms with Crippen molar-refractivity contribution < 1.29 is 4.74 Å². The SMILES string of the molecule is N#Cc1ccc([C@H]2CC[C@H](OCCC[Si](N=C=S)(N=C=S)N=C=S)CC2)cc1. The minimum atomic E-state index is -2.82. The van der Waals surface area contributed by atoms with E-state index in [9.17, 15) is 0 Å². The number of rotatable bonds is 9. The zero-order valence-corrected chi connectivity index (χ0v) is 18.8. The highest BCUT2D eigenvalue weighted by Crippen LogP contribution is 2.34. The molecule has 1 saturated carbocycles. The van der Waals surface area contributed by atoms with Gasteiger partial charge in [-0.3, -0.25) is 0 Å². The molecule has 1 aliphatic carbocycles. The molecule has 0 aliphatic heterocycles. The van der Waals surface area contributed by atoms with E-state index in [1.807, 2.05) is 12.1 Å². The summed E-state index contributed by atoms with van der Waals surface area (Å²) in [5.41, 5.74) is 2.01. The average Bonchev–Trinajstić information content (AvgIpc) is 2.72. The monoisotopic (exact) mass is 444 g/mol. The summed E-state index contributed by atoms with van der Waals surface area (Å²) in [6.07, 6.45) is 5.25. The second-order valence-electron chi connectivity index (χ2n) is 6.57. The maximum absolute atomic E-state index is 8.91. The molecule has 1 aliphatic rings. The summed E-state index contributed by atoms with van der Waals surface area (Å²) in [5.74, 6) is 0.540. The molecule has 0 radical (unpaired) electrons. The van der Waals surface area contributed by atoms with Gasteiger partial charge in [-0.15, -0.1) is 0 Å². The van der Waals surface area contributed by atoms with E-state index in [2.05, 4.69) is 47.7 Å². The lowest BCUT2D eigenvalue weighted by atomic mass is 9.82. The van der Waals surface area contributed by atoms with E-state index >= 15 is 0 Å². The van der Waals surface area contributed by atoms with Gasteiger partial charge in [0.15, 0.2) is 0 Å². The molecule has 1 aromatic carbocycles. The second kappa shape index (κ2) is 12.0. The standard InChI is InChI=1S/C19H20N4OS3Si/c20-12-16-2-4-17(5-3-16)18-6-8-19(9-7-18)24-10-1-11-28(21-13-25,22-14-26)23-15-27/h2-5,18-19H,1,6-11H2/t18-,19-. The first kappa shape index (κ1) is 22.6. The fourth-order valence-electron chi connectivity index (χ4n) is 3.41. The van der Waals surface area contributed by atoms with Crippen molar-refractivity contribution in [2.75, 3.05) is 6.61 Å². The number of nitrogens with zero attached hydrogens (tertiary/aromatic N) is 4. The Bertz CT molecular complexity index is 797. The summed E-state index contributed by atoms with van der Waals surface area (Å²) in [7, 11) is -2.82. The second-order valence-corrected chi connectivity index (χ2v) is 9.83. The molecule has 0 spiro atoms. The van der Waals surface area contributed by atoms with Crippen molar-refractivity contribution in [2.45, 2.75) is 50.2 Å². The molecule has 5 nitrogen and oxygen atoms in total. The highest BCUT2D eigenvalue weighted by molar-refractivity contribution is 7.78. The van der Waals surface area contributed by atoms with Crippen molar-refractivity contribution in [1.82, 2.24) is 0 Å². The van der Waals surface area contributed by atoms with Gasteiger partial charge >= 0.3 is 8.56 Å². The molecular weight excluding hydrogens is 425 g/mol. The molecule has 0 atom stereocenters. The normalized spacial score (nSPS) is 20.4. The van der Waals surface area contributed by atoms with E-state index in [1.165, 1.54) is 5.56 Å². The van der Waals surface area contributed by atoms with Gasteiger partial charge in [-0.05, 0) is 92.4 Å². The molecule has 0 bridgehead atoms. The molecule has 0 N–H and O–H groups in total. The van der Waals surface area contributed by atoms with E-state index < -0.39 is 8.56 Å². The number of ether oxygens (including phenoxy) is 1. The van der Waals surface area contributed by atoms with Crippen LogP contribution in [-0.4, -0.2) is 36.8 Å². The highest BCUT2D eigenvalue weighted by Gasteiger charge is 2.34. The molecule has 2 rings (SSSR count). The molecule has 1 aromatic rings. The molecule has 0 heterocycles. The average molecular weight is 445 g/mol. The van der Waals surface area contributed by atoms with Crippen LogP contribution in [0.1, 0.15) is 49.1 Å². The Kier molecular flexibility index (Phi) is 9.66. The van der Waals surface area contributed by atoms with E-state index in [-0.39, 0.29) is 6.10 Å². The number of nitriles is 1. The smallest absolute Gasteiger partial charge is 0.378 e. The summed E-state index contributed by atoms with van der Waals surface area (Å²) in [4.78, 5) is 0. The zero-order chi connectivity index (χ0) is 20.2. The molecule has 28 heavy (non-hydrogen) atoms. The lowest BCUT2D eigenvalue weighted by Crippen LogP contribution is -2.28. The van der Waals surface area contributed by atoms with Gasteiger partial charge < -0.3 is 4.74 Å². The van der Waals surface area contributed by atoms with E-state index in [1.54, 1.807) is 0 Å². The topological polar surface area (TPSA) is 70.1 Å². The summed E-state index contributed by atoms with van der Waals surface area (Å²) in [5, 5.41) is 16.0. The number of hydrogen-bond acceptors (Lipinski definition) is 8. The van der Waals surface area contributed by atoms with Crippen LogP contribution in [0.15, 0.2) is 38.2 Å². The van der Waals surface area contributed by atoms with Gasteiger partial charge in [0.1, 0.15) is 0 Å². The Morgan fingerprint density at radius 1 is 0.964 bits per heavy atom. The van der Waals surface area contributed by atoms with Crippen LogP contribution in [0, 0.1) is 11.3 Å². The van der Waals surface area contributed by atoms with Crippen LogP contribution in [0.3, 0.4) is 0 Å². The number of benzene rings is 1. The Balaban J connectivity index is 1.79. The lowest BCUT2D eigenvalue weighted by Gasteiger charge is -2.29. The number of hydrogen-bond donors (Lipinski definition) is 0. The predicted octanol–water partition coefficient (Wildman–Crippen LogP) is 5.24. The van der Waals surface area contributed by atoms with E-state index in [4.69, 9.17) is 46.7 Å². The van der Waals surface area contributed by atoms with Gasteiger partial charge in [-0.25, -0.2) is 14.0 Å². The predicted molar refractivity (Wildman–Crippen MR) is 122 cm³/mol. The Hall–Kier alpha value is -1.71. The van der Waals surface area contributed by atoms with E-state index in [0.29, 0.717) is 24.1 Å². The van der Waals surface area contributed by atoms with Crippen molar-refractivity contribution in [3.05, 3.63) is 35.4 Å². The van der Waals surface area contributed by atoms with E-state index in [0.717, 1.165) is 32.1 Å². The zero-order valence-electron chi connectivity index (χ0n) is 15.3. The molecule has 1 fully saturated rings. The number of thiocarbonyl (C=S) groups is 3. The number of isothiocyanates is 3. The maximum Gasteiger partial charge on any atom is 0.461 e. The van der Waals surface area contributed by atoms with Crippen LogP contribution >= 0.6 is 36.7 Å². The van der Waals surface area contributed by atoms with Crippen molar-refractivity contribution in [3.8, 4) is 6.07 Å². The van der Waals surface area contributed by atoms with Gasteiger partial charge in [-0.1, -0.05) is 12.1 Å². The van der Waals surface area contributed by atoms with Crippen LogP contribution in [0.5, 0.6) is 0 Å². The third kappa shape index (κ3) is 6.71. The van der Waals surface area contributed by atoms with Crippen molar-refractivity contribution >= 4 is 60.7 Å². The lowest BCUT2D eigenvalue weighted by molar-refractivity contribution is 0.0250. The molecule has 0 aromatic heterocycles. The first-order valence-electron chi connectivity index (χ1n) is 9.05. The van der Waals surface area contributed by atoms with Crippen molar-refractivity contribution in [2.24, 2.45) is 14.0 Å². The summed E-state index contributed by atoms with van der Waals surface area (Å²) in [6, 6.07) is 10.7. The first-order valence-corrected chi connectivity index (χ1v) is 12.3. The highest BCUT2D eigenvalue weighted by atomic mass is 32.1. The van der Waals surface area contributed by atoms with Gasteiger partial charge in [-0.2, -0.15) is 5.26 Å². The molecule has 0 amide bonds. The minimum Gasteiger partial charge on any atom is -0.378 e. The van der Waals surface area contributed by atoms with Gasteiger partial charge in [0.2, 0.25) is 0 Å². The third-order valence-corrected chi connectivity index (χ3v) is 8.06. The summed E-state index contributed by atoms with van der Waals surface area (Å²) >= 11 is 14.1. The molecule has 0 saturated heterocycles. The van der Waals surface area contributed by atoms with Gasteiger partial charge in [0.25, 0.3) is 0 Å². The molecular formula is C19H20N4OS3Si. The van der Waals surface area contributed by atoms with Crippen LogP contribution in [-0.2, 0) is 4.74 Å². The molecule has 144 valence electrons. The van der Waals surface area contributed by atoms with Crippen LogP contribution in [0.4, 0.5) is 0 Å². The van der Waals surface area contributed by atoms with Crippen molar-refractivity contribution in [3.63, 3.8) is 0 Å². The molecule has 0 unspecified atom stereocenters. The fraction of sp³-hybridized carbons (Fsp3) is 0.474. The Labute approximate surface area is 182 Å². The fourth-order valence-corrected chi connectivity index (χ4v) is 6.27. The van der Waals surface area contributed by atoms with Crippen LogP contribution in [0.2, 0.25) is 6.04 Å². The summed E-state index contributed by atoms with van der Waals surface area (Å²) in [6.45, 7) is 0.605.